The molecule has 132 valence electrons. The van der Waals surface area contributed by atoms with Crippen LogP contribution in [0.1, 0.15) is 11.1 Å². The van der Waals surface area contributed by atoms with Crippen LogP contribution in [0.4, 0.5) is 0 Å². The number of aromatic amines is 1. The van der Waals surface area contributed by atoms with Crippen molar-refractivity contribution in [2.24, 2.45) is 0 Å². The number of fused-ring (bicyclic) bond motifs is 1. The van der Waals surface area contributed by atoms with Gasteiger partial charge >= 0.3 is 0 Å². The van der Waals surface area contributed by atoms with E-state index in [2.05, 4.69) is 21.0 Å². The van der Waals surface area contributed by atoms with Crippen LogP contribution in [-0.2, 0) is 6.54 Å². The molecule has 2 N–H and O–H groups in total. The minimum Gasteiger partial charge on any atom is -0.334 e. The van der Waals surface area contributed by atoms with Crippen LogP contribution in [0.25, 0.3) is 22.6 Å². The number of H-pyrrole nitrogens is 1. The maximum absolute atomic E-state index is 8.94. The number of nitrogens with zero attached hydrogens (tertiary/aromatic N) is 4. The van der Waals surface area contributed by atoms with E-state index in [1.54, 1.807) is 41.2 Å². The molecule has 0 bridgehead atoms. The molecule has 4 aromatic rings. The van der Waals surface area contributed by atoms with Crippen molar-refractivity contribution in [2.75, 3.05) is 0 Å². The highest BCUT2D eigenvalue weighted by atomic mass is 35.5. The highest BCUT2D eigenvalue weighted by Gasteiger charge is 2.13. The fraction of sp³-hybridized carbons (Fsp3) is 0.0526. The van der Waals surface area contributed by atoms with Crippen LogP contribution >= 0.6 is 23.2 Å². The monoisotopic (exact) mass is 394 g/mol. The van der Waals surface area contributed by atoms with E-state index >= 15 is 0 Å². The molecule has 4 rings (SSSR count). The summed E-state index contributed by atoms with van der Waals surface area (Å²) in [6.07, 6.45) is 1.55. The van der Waals surface area contributed by atoms with Crippen molar-refractivity contribution < 1.29 is 0 Å². The molecule has 2 aromatic carbocycles. The summed E-state index contributed by atoms with van der Waals surface area (Å²) in [5.41, 5.74) is 3.33. The van der Waals surface area contributed by atoms with Crippen LogP contribution in [0.3, 0.4) is 0 Å². The van der Waals surface area contributed by atoms with Gasteiger partial charge in [-0.3, -0.25) is 5.41 Å². The topological polar surface area (TPSA) is 94.1 Å². The molecule has 0 radical (unpaired) electrons. The van der Waals surface area contributed by atoms with Gasteiger partial charge in [0.1, 0.15) is 11.3 Å². The van der Waals surface area contributed by atoms with E-state index in [9.17, 15) is 0 Å². The third-order valence-electron chi connectivity index (χ3n) is 4.20. The minimum absolute atomic E-state index is 0.0962. The van der Waals surface area contributed by atoms with E-state index in [4.69, 9.17) is 33.9 Å². The number of rotatable bonds is 3. The predicted molar refractivity (Wildman–Crippen MR) is 103 cm³/mol. The molecule has 2 heterocycles. The Labute approximate surface area is 164 Å². The lowest BCUT2D eigenvalue weighted by Crippen LogP contribution is -2.13. The zero-order chi connectivity index (χ0) is 19.0. The molecule has 0 aliphatic rings. The number of halogens is 2. The van der Waals surface area contributed by atoms with Gasteiger partial charge in [0, 0.05) is 21.2 Å². The molecule has 27 heavy (non-hydrogen) atoms. The summed E-state index contributed by atoms with van der Waals surface area (Å²) in [5.74, 6) is 0.593. The molecule has 0 fully saturated rings. The second-order valence-corrected chi connectivity index (χ2v) is 6.71. The van der Waals surface area contributed by atoms with Gasteiger partial charge in [-0.1, -0.05) is 29.3 Å². The van der Waals surface area contributed by atoms with Gasteiger partial charge < -0.3 is 9.55 Å². The molecule has 0 saturated heterocycles. The Hall–Kier alpha value is -3.14. The first-order chi connectivity index (χ1) is 13.1. The van der Waals surface area contributed by atoms with Gasteiger partial charge in [-0.2, -0.15) is 5.26 Å². The summed E-state index contributed by atoms with van der Waals surface area (Å²) < 4.78 is 1.80. The summed E-state index contributed by atoms with van der Waals surface area (Å²) in [7, 11) is 0. The molecule has 0 amide bonds. The van der Waals surface area contributed by atoms with E-state index in [1.807, 2.05) is 12.1 Å². The first kappa shape index (κ1) is 17.3. The Morgan fingerprint density at radius 1 is 1.11 bits per heavy atom. The third kappa shape index (κ3) is 3.19. The Kier molecular flexibility index (Phi) is 4.40. The zero-order valence-electron chi connectivity index (χ0n) is 13.9. The molecule has 0 aliphatic carbocycles. The third-order valence-corrected chi connectivity index (χ3v) is 4.91. The lowest BCUT2D eigenvalue weighted by molar-refractivity contribution is 0.784. The van der Waals surface area contributed by atoms with Crippen molar-refractivity contribution in [3.8, 4) is 17.5 Å². The first-order valence-electron chi connectivity index (χ1n) is 8.00. The Balaban J connectivity index is 1.83. The highest BCUT2D eigenvalue weighted by Crippen LogP contribution is 2.26. The molecule has 6 nitrogen and oxygen atoms in total. The molecule has 0 atom stereocenters. The van der Waals surface area contributed by atoms with Crippen molar-refractivity contribution >= 4 is 34.4 Å². The van der Waals surface area contributed by atoms with E-state index in [0.717, 1.165) is 11.1 Å². The smallest absolute Gasteiger partial charge is 0.173 e. The quantitative estimate of drug-likeness (QED) is 0.546. The summed E-state index contributed by atoms with van der Waals surface area (Å²) in [5, 5.41) is 18.1. The van der Waals surface area contributed by atoms with E-state index in [1.165, 1.54) is 0 Å². The van der Waals surface area contributed by atoms with Gasteiger partial charge in [-0.25, -0.2) is 9.97 Å². The second kappa shape index (κ2) is 6.88. The fourth-order valence-corrected chi connectivity index (χ4v) is 3.31. The molecule has 8 heteroatoms. The van der Waals surface area contributed by atoms with Gasteiger partial charge in [0.15, 0.2) is 11.1 Å². The van der Waals surface area contributed by atoms with E-state index in [-0.39, 0.29) is 5.49 Å². The van der Waals surface area contributed by atoms with Crippen molar-refractivity contribution in [3.63, 3.8) is 0 Å². The minimum atomic E-state index is 0.0962. The Morgan fingerprint density at radius 2 is 1.81 bits per heavy atom. The van der Waals surface area contributed by atoms with Crippen molar-refractivity contribution in [1.82, 2.24) is 19.5 Å². The zero-order valence-corrected chi connectivity index (χ0v) is 15.4. The summed E-state index contributed by atoms with van der Waals surface area (Å²) in [6.45, 7) is 0.375. The predicted octanol–water partition coefficient (Wildman–Crippen LogP) is 4.13. The van der Waals surface area contributed by atoms with Crippen LogP contribution in [-0.4, -0.2) is 19.5 Å². The molecule has 0 spiro atoms. The molecule has 2 aromatic heterocycles. The lowest BCUT2D eigenvalue weighted by Gasteiger charge is -2.10. The lowest BCUT2D eigenvalue weighted by atomic mass is 10.1. The van der Waals surface area contributed by atoms with Gasteiger partial charge in [-0.15, -0.1) is 0 Å². The number of nitriles is 1. The van der Waals surface area contributed by atoms with Gasteiger partial charge in [0.25, 0.3) is 0 Å². The molecule has 0 saturated carbocycles. The normalized spacial score (nSPS) is 10.9. The van der Waals surface area contributed by atoms with Gasteiger partial charge in [0.2, 0.25) is 0 Å². The number of benzene rings is 2. The Bertz CT molecular complexity index is 1230. The number of imidazole rings is 1. The number of aromatic nitrogens is 4. The van der Waals surface area contributed by atoms with E-state index < -0.39 is 0 Å². The average Bonchev–Trinajstić information content (AvgIpc) is 3.13. The summed E-state index contributed by atoms with van der Waals surface area (Å²) >= 11 is 12.6. The standard InChI is InChI=1S/C19H12Cl2N6/c20-14-2-1-3-15(21)13(14)9-27-10-24-17(23)16-19(27)26-18(25-16)12-6-4-11(8-22)5-7-12/h1-7,10,23H,9H2,(H,25,26). The summed E-state index contributed by atoms with van der Waals surface area (Å²) in [6, 6.07) is 14.5. The Morgan fingerprint density at radius 3 is 2.48 bits per heavy atom. The number of hydrogen-bond acceptors (Lipinski definition) is 4. The molecular formula is C19H12Cl2N6. The number of hydrogen-bond donors (Lipinski definition) is 2. The van der Waals surface area contributed by atoms with Crippen LogP contribution in [0.5, 0.6) is 0 Å². The molecule has 0 unspecified atom stereocenters. The van der Waals surface area contributed by atoms with Gasteiger partial charge in [0.05, 0.1) is 24.5 Å². The first-order valence-corrected chi connectivity index (χ1v) is 8.75. The fourth-order valence-electron chi connectivity index (χ4n) is 2.79. The van der Waals surface area contributed by atoms with Crippen molar-refractivity contribution in [1.29, 1.82) is 10.7 Å². The maximum Gasteiger partial charge on any atom is 0.173 e. The highest BCUT2D eigenvalue weighted by molar-refractivity contribution is 6.36. The van der Waals surface area contributed by atoms with Crippen LogP contribution in [0.15, 0.2) is 48.8 Å². The molecule has 0 aliphatic heterocycles. The van der Waals surface area contributed by atoms with E-state index in [0.29, 0.717) is 39.1 Å². The second-order valence-electron chi connectivity index (χ2n) is 5.89. The molecular weight excluding hydrogens is 383 g/mol. The van der Waals surface area contributed by atoms with Crippen molar-refractivity contribution in [3.05, 3.63) is 75.5 Å². The average molecular weight is 395 g/mol. The SMILES string of the molecule is N#Cc1ccc(-c2nc3c([nH]2)c(=N)ncn3Cc2c(Cl)cccc2Cl)cc1. The largest absolute Gasteiger partial charge is 0.334 e. The van der Waals surface area contributed by atoms with Gasteiger partial charge in [-0.05, 0) is 36.4 Å². The summed E-state index contributed by atoms with van der Waals surface area (Å²) in [4.78, 5) is 11.9. The maximum atomic E-state index is 8.94. The van der Waals surface area contributed by atoms with Crippen molar-refractivity contribution in [2.45, 2.75) is 6.54 Å². The van der Waals surface area contributed by atoms with Crippen LogP contribution < -0.4 is 5.49 Å². The van der Waals surface area contributed by atoms with Crippen LogP contribution in [0.2, 0.25) is 10.0 Å². The van der Waals surface area contributed by atoms with Crippen LogP contribution in [0, 0.1) is 16.7 Å². The number of nitrogens with one attached hydrogen (secondary N) is 2.